The smallest absolute Gasteiger partial charge is 0.256 e. The van der Waals surface area contributed by atoms with Crippen molar-refractivity contribution in [2.45, 2.75) is 18.8 Å². The van der Waals surface area contributed by atoms with Crippen molar-refractivity contribution in [1.82, 2.24) is 14.5 Å². The fraction of sp³-hybridized carbons (Fsp3) is 0.300. The quantitative estimate of drug-likeness (QED) is 0.626. The van der Waals surface area contributed by atoms with E-state index in [1.165, 1.54) is 0 Å². The number of benzene rings is 2. The predicted octanol–water partition coefficient (Wildman–Crippen LogP) is 4.90. The minimum absolute atomic E-state index is 0.107. The number of aromatic nitrogens is 2. The fourth-order valence-electron chi connectivity index (χ4n) is 3.76. The van der Waals surface area contributed by atoms with Crippen molar-refractivity contribution in [1.29, 1.82) is 0 Å². The summed E-state index contributed by atoms with van der Waals surface area (Å²) in [6.45, 7) is 1.33. The lowest BCUT2D eigenvalue weighted by molar-refractivity contribution is 0.0704. The molecule has 2 heterocycles. The molecule has 4 nitrogen and oxygen atoms in total. The molecule has 2 aromatic carbocycles. The van der Waals surface area contributed by atoms with E-state index in [-0.39, 0.29) is 11.8 Å². The number of carbonyl (C=O) groups is 1. The summed E-state index contributed by atoms with van der Waals surface area (Å²) in [4.78, 5) is 19.7. The summed E-state index contributed by atoms with van der Waals surface area (Å²) in [6, 6.07) is 13.3. The summed E-state index contributed by atoms with van der Waals surface area (Å²) < 4.78 is 2.14. The van der Waals surface area contributed by atoms with Crippen LogP contribution >= 0.6 is 23.2 Å². The third-order valence-corrected chi connectivity index (χ3v) is 5.70. The molecule has 1 aromatic heterocycles. The van der Waals surface area contributed by atoms with Crippen LogP contribution < -0.4 is 0 Å². The number of piperidine rings is 1. The van der Waals surface area contributed by atoms with Crippen LogP contribution in [0.3, 0.4) is 0 Å². The second-order valence-corrected chi connectivity index (χ2v) is 7.52. The molecular weight excluding hydrogens is 369 g/mol. The molecule has 1 amide bonds. The van der Waals surface area contributed by atoms with Crippen molar-refractivity contribution in [3.05, 3.63) is 63.9 Å². The Morgan fingerprint density at radius 3 is 2.58 bits per heavy atom. The molecule has 134 valence electrons. The molecular formula is C20H19Cl2N3O. The van der Waals surface area contributed by atoms with Gasteiger partial charge in [-0.1, -0.05) is 41.4 Å². The largest absolute Gasteiger partial charge is 0.338 e. The molecule has 4 rings (SSSR count). The first-order valence-electron chi connectivity index (χ1n) is 8.71. The number of likely N-dealkylation sites (tertiary alicyclic amines) is 1. The summed E-state index contributed by atoms with van der Waals surface area (Å²) in [7, 11) is 2.04. The molecule has 0 radical (unpaired) electrons. The topological polar surface area (TPSA) is 38.1 Å². The van der Waals surface area contributed by atoms with Gasteiger partial charge in [-0.3, -0.25) is 4.79 Å². The molecule has 1 saturated heterocycles. The number of imidazole rings is 1. The molecule has 1 aliphatic rings. The van der Waals surface area contributed by atoms with E-state index in [1.54, 1.807) is 18.2 Å². The summed E-state index contributed by atoms with van der Waals surface area (Å²) in [6.07, 6.45) is 1.94. The van der Waals surface area contributed by atoms with E-state index in [0.717, 1.165) is 29.7 Å². The van der Waals surface area contributed by atoms with E-state index in [0.29, 0.717) is 28.7 Å². The zero-order chi connectivity index (χ0) is 18.3. The van der Waals surface area contributed by atoms with Gasteiger partial charge in [0.15, 0.2) is 0 Å². The van der Waals surface area contributed by atoms with Crippen molar-refractivity contribution in [2.24, 2.45) is 7.05 Å². The second-order valence-electron chi connectivity index (χ2n) is 6.70. The van der Waals surface area contributed by atoms with Gasteiger partial charge in [-0.05, 0) is 37.1 Å². The van der Waals surface area contributed by atoms with Gasteiger partial charge in [-0.25, -0.2) is 4.98 Å². The summed E-state index contributed by atoms with van der Waals surface area (Å²) in [5.74, 6) is 1.12. The molecule has 1 atom stereocenters. The van der Waals surface area contributed by atoms with E-state index < -0.39 is 0 Å². The third-order valence-electron chi connectivity index (χ3n) is 5.07. The third kappa shape index (κ3) is 2.97. The number of nitrogens with zero attached hydrogens (tertiary/aromatic N) is 3. The Bertz CT molecular complexity index is 962. The van der Waals surface area contributed by atoms with Crippen LogP contribution in [0.5, 0.6) is 0 Å². The normalized spacial score (nSPS) is 17.7. The highest BCUT2D eigenvalue weighted by atomic mass is 35.5. The monoisotopic (exact) mass is 387 g/mol. The van der Waals surface area contributed by atoms with Crippen molar-refractivity contribution < 1.29 is 4.79 Å². The Labute approximate surface area is 162 Å². The van der Waals surface area contributed by atoms with Crippen molar-refractivity contribution in [3.8, 4) is 0 Å². The Kier molecular flexibility index (Phi) is 4.63. The summed E-state index contributed by atoms with van der Waals surface area (Å²) >= 11 is 12.5. The number of carbonyl (C=O) groups excluding carboxylic acids is 1. The molecule has 0 bridgehead atoms. The van der Waals surface area contributed by atoms with Crippen molar-refractivity contribution >= 4 is 40.1 Å². The fourth-order valence-corrected chi connectivity index (χ4v) is 4.32. The minimum atomic E-state index is -0.107. The number of para-hydroxylation sites is 2. The molecule has 0 aliphatic carbocycles. The highest BCUT2D eigenvalue weighted by Gasteiger charge is 2.30. The number of amides is 1. The highest BCUT2D eigenvalue weighted by molar-refractivity contribution is 6.39. The van der Waals surface area contributed by atoms with Gasteiger partial charge in [0.2, 0.25) is 0 Å². The maximum atomic E-state index is 13.0. The van der Waals surface area contributed by atoms with E-state index >= 15 is 0 Å². The lowest BCUT2D eigenvalue weighted by Gasteiger charge is -2.33. The van der Waals surface area contributed by atoms with Gasteiger partial charge in [0.05, 0.1) is 26.6 Å². The second kappa shape index (κ2) is 6.93. The van der Waals surface area contributed by atoms with Crippen molar-refractivity contribution in [2.75, 3.05) is 13.1 Å². The SMILES string of the molecule is Cn1c(C2CCCN(C(=O)c3c(Cl)cccc3Cl)C2)nc2ccccc21. The lowest BCUT2D eigenvalue weighted by Crippen LogP contribution is -2.40. The van der Waals surface area contributed by atoms with Crippen LogP contribution in [0.25, 0.3) is 11.0 Å². The molecule has 1 fully saturated rings. The molecule has 0 N–H and O–H groups in total. The standard InChI is InChI=1S/C20H19Cl2N3O/c1-24-17-10-3-2-9-16(17)23-19(24)13-6-5-11-25(12-13)20(26)18-14(21)7-4-8-15(18)22/h2-4,7-10,13H,5-6,11-12H2,1H3. The Morgan fingerprint density at radius 2 is 1.85 bits per heavy atom. The maximum absolute atomic E-state index is 13.0. The molecule has 1 unspecified atom stereocenters. The first kappa shape index (κ1) is 17.4. The Hall–Kier alpha value is -2.04. The number of aryl methyl sites for hydroxylation is 1. The molecule has 6 heteroatoms. The highest BCUT2D eigenvalue weighted by Crippen LogP contribution is 2.31. The Morgan fingerprint density at radius 1 is 1.12 bits per heavy atom. The van der Waals surface area contributed by atoms with Crippen LogP contribution in [-0.2, 0) is 7.05 Å². The van der Waals surface area contributed by atoms with E-state index in [4.69, 9.17) is 28.2 Å². The van der Waals surface area contributed by atoms with Crippen LogP contribution in [0.1, 0.15) is 34.9 Å². The van der Waals surface area contributed by atoms with Crippen LogP contribution in [0, 0.1) is 0 Å². The number of hydrogen-bond donors (Lipinski definition) is 0. The van der Waals surface area contributed by atoms with Crippen molar-refractivity contribution in [3.63, 3.8) is 0 Å². The van der Waals surface area contributed by atoms with Gasteiger partial charge in [0.25, 0.3) is 5.91 Å². The van der Waals surface area contributed by atoms with Crippen LogP contribution in [0.15, 0.2) is 42.5 Å². The average Bonchev–Trinajstić information content (AvgIpc) is 2.99. The van der Waals surface area contributed by atoms with E-state index in [1.807, 2.05) is 30.1 Å². The zero-order valence-electron chi connectivity index (χ0n) is 14.5. The van der Waals surface area contributed by atoms with E-state index in [2.05, 4.69) is 10.6 Å². The summed E-state index contributed by atoms with van der Waals surface area (Å²) in [5.41, 5.74) is 2.49. The predicted molar refractivity (Wildman–Crippen MR) is 105 cm³/mol. The minimum Gasteiger partial charge on any atom is -0.338 e. The molecule has 0 saturated carbocycles. The van der Waals surface area contributed by atoms with Gasteiger partial charge in [-0.15, -0.1) is 0 Å². The first-order valence-corrected chi connectivity index (χ1v) is 9.46. The lowest BCUT2D eigenvalue weighted by atomic mass is 9.96. The molecule has 26 heavy (non-hydrogen) atoms. The Balaban J connectivity index is 1.63. The first-order chi connectivity index (χ1) is 12.6. The van der Waals surface area contributed by atoms with Gasteiger partial charge >= 0.3 is 0 Å². The van der Waals surface area contributed by atoms with E-state index in [9.17, 15) is 4.79 Å². The maximum Gasteiger partial charge on any atom is 0.256 e. The van der Waals surface area contributed by atoms with Gasteiger partial charge in [0, 0.05) is 26.1 Å². The number of fused-ring (bicyclic) bond motifs is 1. The number of hydrogen-bond acceptors (Lipinski definition) is 2. The summed E-state index contributed by atoms with van der Waals surface area (Å²) in [5, 5.41) is 0.791. The molecule has 3 aromatic rings. The zero-order valence-corrected chi connectivity index (χ0v) is 16.0. The average molecular weight is 388 g/mol. The van der Waals surface area contributed by atoms with Gasteiger partial charge in [-0.2, -0.15) is 0 Å². The molecule has 0 spiro atoms. The van der Waals surface area contributed by atoms with Gasteiger partial charge in [0.1, 0.15) is 5.82 Å². The van der Waals surface area contributed by atoms with Crippen LogP contribution in [0.2, 0.25) is 10.0 Å². The van der Waals surface area contributed by atoms with Crippen LogP contribution in [0.4, 0.5) is 0 Å². The number of rotatable bonds is 2. The van der Waals surface area contributed by atoms with Crippen LogP contribution in [-0.4, -0.2) is 33.4 Å². The number of halogens is 2. The van der Waals surface area contributed by atoms with Gasteiger partial charge < -0.3 is 9.47 Å². The molecule has 1 aliphatic heterocycles.